The monoisotopic (exact) mass is 371 g/mol. The van der Waals surface area contributed by atoms with E-state index >= 15 is 0 Å². The van der Waals surface area contributed by atoms with Gasteiger partial charge in [-0.25, -0.2) is 0 Å². The molecular weight excluding hydrogens is 355 g/mol. The van der Waals surface area contributed by atoms with E-state index in [2.05, 4.69) is 5.32 Å². The highest BCUT2D eigenvalue weighted by atomic mass is 35.5. The zero-order chi connectivity index (χ0) is 18.6. The second kappa shape index (κ2) is 7.78. The minimum absolute atomic E-state index is 0.00138. The maximum Gasteiger partial charge on any atom is 0.417 e. The molecule has 2 aromatic carbocycles. The Morgan fingerprint density at radius 2 is 1.84 bits per heavy atom. The number of ether oxygens (including phenoxy) is 1. The van der Waals surface area contributed by atoms with E-state index in [4.69, 9.17) is 16.3 Å². The molecule has 0 spiro atoms. The Morgan fingerprint density at radius 1 is 1.20 bits per heavy atom. The molecule has 25 heavy (non-hydrogen) atoms. The number of benzene rings is 2. The van der Waals surface area contributed by atoms with Crippen molar-refractivity contribution >= 4 is 23.2 Å². The maximum absolute atomic E-state index is 12.9. The van der Waals surface area contributed by atoms with Gasteiger partial charge in [-0.2, -0.15) is 13.2 Å². The van der Waals surface area contributed by atoms with Crippen molar-refractivity contribution in [1.82, 2.24) is 0 Å². The molecule has 2 aromatic rings. The average Bonchev–Trinajstić information content (AvgIpc) is 2.56. The van der Waals surface area contributed by atoms with Crippen LogP contribution < -0.4 is 10.1 Å². The number of halogens is 4. The molecule has 0 aliphatic carbocycles. The van der Waals surface area contributed by atoms with Gasteiger partial charge in [-0.15, -0.1) is 0 Å². The summed E-state index contributed by atoms with van der Waals surface area (Å²) in [5.74, 6) is -0.0537. The Hall–Kier alpha value is -2.21. The van der Waals surface area contributed by atoms with E-state index in [-0.39, 0.29) is 5.69 Å². The third-order valence-electron chi connectivity index (χ3n) is 3.55. The van der Waals surface area contributed by atoms with E-state index in [1.807, 2.05) is 19.1 Å². The van der Waals surface area contributed by atoms with Gasteiger partial charge in [0.1, 0.15) is 5.75 Å². The number of amides is 1. The number of carbonyl (C=O) groups excluding carboxylic acids is 1. The Labute approximate surface area is 148 Å². The molecular formula is C18H17ClF3NO2. The van der Waals surface area contributed by atoms with Crippen molar-refractivity contribution in [3.63, 3.8) is 0 Å². The first-order valence-corrected chi connectivity index (χ1v) is 8.01. The molecule has 3 nitrogen and oxygen atoms in total. The molecule has 134 valence electrons. The molecule has 0 aliphatic heterocycles. The molecule has 1 N–H and O–H groups in total. The number of anilines is 1. The minimum atomic E-state index is -4.60. The van der Waals surface area contributed by atoms with E-state index < -0.39 is 28.8 Å². The van der Waals surface area contributed by atoms with Crippen molar-refractivity contribution < 1.29 is 22.7 Å². The summed E-state index contributed by atoms with van der Waals surface area (Å²) < 4.78 is 44.1. The van der Waals surface area contributed by atoms with Gasteiger partial charge in [-0.05, 0) is 49.2 Å². The third kappa shape index (κ3) is 5.13. The lowest BCUT2D eigenvalue weighted by molar-refractivity contribution is -0.137. The number of carbonyl (C=O) groups is 1. The SMILES string of the molecule is CCc1ccc(OC(C)C(=O)Nc2ccc(Cl)c(C(F)(F)F)c2)cc1. The van der Waals surface area contributed by atoms with Crippen LogP contribution >= 0.6 is 11.6 Å². The summed E-state index contributed by atoms with van der Waals surface area (Å²) in [5.41, 5.74) is 0.125. The summed E-state index contributed by atoms with van der Waals surface area (Å²) in [4.78, 5) is 12.1. The fourth-order valence-electron chi connectivity index (χ4n) is 2.13. The van der Waals surface area contributed by atoms with Gasteiger partial charge in [0.2, 0.25) is 0 Å². The first kappa shape index (κ1) is 19.1. The van der Waals surface area contributed by atoms with Crippen LogP contribution in [0.15, 0.2) is 42.5 Å². The van der Waals surface area contributed by atoms with Crippen molar-refractivity contribution in [2.75, 3.05) is 5.32 Å². The highest BCUT2D eigenvalue weighted by Gasteiger charge is 2.33. The fourth-order valence-corrected chi connectivity index (χ4v) is 2.35. The molecule has 0 aromatic heterocycles. The van der Waals surface area contributed by atoms with Crippen molar-refractivity contribution in [3.05, 3.63) is 58.6 Å². The smallest absolute Gasteiger partial charge is 0.417 e. The second-order valence-corrected chi connectivity index (χ2v) is 5.85. The van der Waals surface area contributed by atoms with E-state index in [0.717, 1.165) is 24.1 Å². The zero-order valence-electron chi connectivity index (χ0n) is 13.7. The minimum Gasteiger partial charge on any atom is -0.481 e. The summed E-state index contributed by atoms with van der Waals surface area (Å²) in [6.07, 6.45) is -4.59. The molecule has 0 saturated heterocycles. The molecule has 2 rings (SSSR count). The van der Waals surface area contributed by atoms with Gasteiger partial charge in [0.25, 0.3) is 5.91 Å². The molecule has 0 radical (unpaired) electrons. The Bertz CT molecular complexity index is 745. The summed E-state index contributed by atoms with van der Waals surface area (Å²) >= 11 is 5.55. The van der Waals surface area contributed by atoms with Gasteiger partial charge in [-0.3, -0.25) is 4.79 Å². The Kier molecular flexibility index (Phi) is 5.95. The second-order valence-electron chi connectivity index (χ2n) is 5.44. The fraction of sp³-hybridized carbons (Fsp3) is 0.278. The standard InChI is InChI=1S/C18H17ClF3NO2/c1-3-12-4-7-14(8-5-12)25-11(2)17(24)23-13-6-9-16(19)15(10-13)18(20,21)22/h4-11H,3H2,1-2H3,(H,23,24). The lowest BCUT2D eigenvalue weighted by atomic mass is 10.2. The van der Waals surface area contributed by atoms with Gasteiger partial charge in [0, 0.05) is 5.69 Å². The van der Waals surface area contributed by atoms with Crippen LogP contribution in [-0.2, 0) is 17.4 Å². The molecule has 0 fully saturated rings. The number of rotatable bonds is 5. The maximum atomic E-state index is 12.9. The van der Waals surface area contributed by atoms with Gasteiger partial charge >= 0.3 is 6.18 Å². The van der Waals surface area contributed by atoms with Crippen LogP contribution in [0.1, 0.15) is 25.0 Å². The predicted molar refractivity (Wildman–Crippen MR) is 91.0 cm³/mol. The number of hydrogen-bond acceptors (Lipinski definition) is 2. The quantitative estimate of drug-likeness (QED) is 0.771. The Morgan fingerprint density at radius 3 is 2.40 bits per heavy atom. The normalized spacial score (nSPS) is 12.6. The summed E-state index contributed by atoms with van der Waals surface area (Å²) in [6.45, 7) is 3.54. The number of aryl methyl sites for hydroxylation is 1. The van der Waals surface area contributed by atoms with E-state index in [9.17, 15) is 18.0 Å². The topological polar surface area (TPSA) is 38.3 Å². The van der Waals surface area contributed by atoms with E-state index in [1.54, 1.807) is 12.1 Å². The first-order valence-electron chi connectivity index (χ1n) is 7.64. The summed E-state index contributed by atoms with van der Waals surface area (Å²) in [6, 6.07) is 10.4. The van der Waals surface area contributed by atoms with Gasteiger partial charge in [-0.1, -0.05) is 30.7 Å². The summed E-state index contributed by atoms with van der Waals surface area (Å²) in [5, 5.41) is 1.98. The molecule has 0 saturated carbocycles. The van der Waals surface area contributed by atoms with Crippen molar-refractivity contribution in [3.8, 4) is 5.75 Å². The van der Waals surface area contributed by atoms with E-state index in [0.29, 0.717) is 5.75 Å². The molecule has 1 atom stereocenters. The molecule has 0 bridgehead atoms. The number of alkyl halides is 3. The highest BCUT2D eigenvalue weighted by Crippen LogP contribution is 2.36. The molecule has 1 amide bonds. The highest BCUT2D eigenvalue weighted by molar-refractivity contribution is 6.31. The van der Waals surface area contributed by atoms with Crippen LogP contribution in [0.25, 0.3) is 0 Å². The summed E-state index contributed by atoms with van der Waals surface area (Å²) in [7, 11) is 0. The van der Waals surface area contributed by atoms with Crippen LogP contribution in [-0.4, -0.2) is 12.0 Å². The molecule has 0 aliphatic rings. The molecule has 1 unspecified atom stereocenters. The van der Waals surface area contributed by atoms with E-state index in [1.165, 1.54) is 13.0 Å². The number of hydrogen-bond donors (Lipinski definition) is 1. The number of nitrogens with one attached hydrogen (secondary N) is 1. The third-order valence-corrected chi connectivity index (χ3v) is 3.88. The molecule has 7 heteroatoms. The van der Waals surface area contributed by atoms with Crippen LogP contribution in [0.2, 0.25) is 5.02 Å². The van der Waals surface area contributed by atoms with Crippen LogP contribution in [0.4, 0.5) is 18.9 Å². The Balaban J connectivity index is 2.05. The van der Waals surface area contributed by atoms with Gasteiger partial charge in [0.15, 0.2) is 6.10 Å². The zero-order valence-corrected chi connectivity index (χ0v) is 14.4. The first-order chi connectivity index (χ1) is 11.7. The van der Waals surface area contributed by atoms with Crippen LogP contribution in [0, 0.1) is 0 Å². The van der Waals surface area contributed by atoms with Crippen molar-refractivity contribution in [2.45, 2.75) is 32.5 Å². The largest absolute Gasteiger partial charge is 0.481 e. The van der Waals surface area contributed by atoms with Crippen LogP contribution in [0.3, 0.4) is 0 Å². The lowest BCUT2D eigenvalue weighted by Gasteiger charge is -2.16. The van der Waals surface area contributed by atoms with Gasteiger partial charge < -0.3 is 10.1 Å². The van der Waals surface area contributed by atoms with Crippen LogP contribution in [0.5, 0.6) is 5.75 Å². The average molecular weight is 372 g/mol. The molecule has 0 heterocycles. The van der Waals surface area contributed by atoms with Crippen molar-refractivity contribution in [1.29, 1.82) is 0 Å². The van der Waals surface area contributed by atoms with Crippen molar-refractivity contribution in [2.24, 2.45) is 0 Å². The predicted octanol–water partition coefficient (Wildman–Crippen LogP) is 5.33. The lowest BCUT2D eigenvalue weighted by Crippen LogP contribution is -2.30. The van der Waals surface area contributed by atoms with Gasteiger partial charge in [0.05, 0.1) is 10.6 Å².